The predicted molar refractivity (Wildman–Crippen MR) is 92.6 cm³/mol. The third-order valence-corrected chi connectivity index (χ3v) is 5.94. The van der Waals surface area contributed by atoms with Gasteiger partial charge in [0.1, 0.15) is 0 Å². The van der Waals surface area contributed by atoms with Crippen molar-refractivity contribution in [3.63, 3.8) is 0 Å². The van der Waals surface area contributed by atoms with E-state index in [9.17, 15) is 0 Å². The molecule has 1 aliphatic carbocycles. The van der Waals surface area contributed by atoms with Crippen molar-refractivity contribution in [2.75, 3.05) is 19.6 Å². The summed E-state index contributed by atoms with van der Waals surface area (Å²) in [6.07, 6.45) is 9.74. The van der Waals surface area contributed by atoms with Gasteiger partial charge in [0.2, 0.25) is 0 Å². The van der Waals surface area contributed by atoms with Crippen molar-refractivity contribution in [1.29, 1.82) is 0 Å². The summed E-state index contributed by atoms with van der Waals surface area (Å²) >= 11 is 0. The maximum Gasteiger partial charge on any atom is 0.0252 e. The minimum Gasteiger partial charge on any atom is -0.312 e. The summed E-state index contributed by atoms with van der Waals surface area (Å²) in [5, 5.41) is 3.86. The summed E-state index contributed by atoms with van der Waals surface area (Å²) in [7, 11) is 0. The Labute approximate surface area is 133 Å². The molecule has 0 amide bonds. The van der Waals surface area contributed by atoms with Crippen LogP contribution in [0.4, 0.5) is 0 Å². The van der Waals surface area contributed by atoms with Crippen LogP contribution in [0.15, 0.2) is 0 Å². The molecule has 4 atom stereocenters. The zero-order valence-electron chi connectivity index (χ0n) is 14.9. The fraction of sp³-hybridized carbons (Fsp3) is 1.00. The monoisotopic (exact) mass is 294 g/mol. The molecule has 1 N–H and O–H groups in total. The Morgan fingerprint density at radius 3 is 2.57 bits per heavy atom. The Kier molecular flexibility index (Phi) is 7.01. The summed E-state index contributed by atoms with van der Waals surface area (Å²) in [4.78, 5) is 2.85. The van der Waals surface area contributed by atoms with Gasteiger partial charge in [-0.25, -0.2) is 0 Å². The van der Waals surface area contributed by atoms with Crippen LogP contribution in [0.2, 0.25) is 0 Å². The summed E-state index contributed by atoms with van der Waals surface area (Å²) in [5.41, 5.74) is 0. The first kappa shape index (κ1) is 17.3. The summed E-state index contributed by atoms with van der Waals surface area (Å²) in [6, 6.07) is 1.56. The quantitative estimate of drug-likeness (QED) is 0.753. The van der Waals surface area contributed by atoms with E-state index >= 15 is 0 Å². The van der Waals surface area contributed by atoms with Crippen molar-refractivity contribution in [2.45, 2.75) is 84.7 Å². The van der Waals surface area contributed by atoms with E-state index in [0.717, 1.165) is 29.8 Å². The topological polar surface area (TPSA) is 15.3 Å². The van der Waals surface area contributed by atoms with Gasteiger partial charge < -0.3 is 5.32 Å². The van der Waals surface area contributed by atoms with Crippen LogP contribution < -0.4 is 5.32 Å². The van der Waals surface area contributed by atoms with Crippen molar-refractivity contribution < 1.29 is 0 Å². The molecule has 0 radical (unpaired) electrons. The average molecular weight is 295 g/mol. The molecule has 2 aliphatic rings. The van der Waals surface area contributed by atoms with E-state index in [-0.39, 0.29) is 0 Å². The normalized spacial score (nSPS) is 34.7. The molecule has 4 unspecified atom stereocenters. The molecule has 1 saturated carbocycles. The number of rotatable bonds is 7. The van der Waals surface area contributed by atoms with Gasteiger partial charge >= 0.3 is 0 Å². The second kappa shape index (κ2) is 8.53. The van der Waals surface area contributed by atoms with Gasteiger partial charge in [0.05, 0.1) is 0 Å². The van der Waals surface area contributed by atoms with Crippen LogP contribution in [0, 0.1) is 17.8 Å². The second-order valence-electron chi connectivity index (χ2n) is 7.88. The molecule has 1 heterocycles. The van der Waals surface area contributed by atoms with Crippen LogP contribution in [0.3, 0.4) is 0 Å². The summed E-state index contributed by atoms with van der Waals surface area (Å²) in [6.45, 7) is 13.4. The lowest BCUT2D eigenvalue weighted by molar-refractivity contribution is 0.0979. The van der Waals surface area contributed by atoms with Gasteiger partial charge in [0.25, 0.3) is 0 Å². The SMILES string of the molecule is CCCNC1CCC(C(C)C)CC1N1CCC(CCC)C1. The molecule has 124 valence electrons. The van der Waals surface area contributed by atoms with Crippen LogP contribution in [0.1, 0.15) is 72.6 Å². The van der Waals surface area contributed by atoms with E-state index < -0.39 is 0 Å². The molecule has 0 aromatic carbocycles. The molecule has 0 bridgehead atoms. The van der Waals surface area contributed by atoms with Crippen LogP contribution in [-0.2, 0) is 0 Å². The van der Waals surface area contributed by atoms with Crippen molar-refractivity contribution in [3.8, 4) is 0 Å². The number of hydrogen-bond acceptors (Lipinski definition) is 2. The molecular formula is C19H38N2. The smallest absolute Gasteiger partial charge is 0.0252 e. The molecule has 1 saturated heterocycles. The lowest BCUT2D eigenvalue weighted by Gasteiger charge is -2.43. The molecule has 1 aliphatic heterocycles. The maximum atomic E-state index is 3.86. The van der Waals surface area contributed by atoms with Gasteiger partial charge in [-0.05, 0) is 69.4 Å². The lowest BCUT2D eigenvalue weighted by Crippen LogP contribution is -2.53. The van der Waals surface area contributed by atoms with Gasteiger partial charge in [0, 0.05) is 18.6 Å². The zero-order chi connectivity index (χ0) is 15.2. The Hall–Kier alpha value is -0.0800. The highest BCUT2D eigenvalue weighted by Crippen LogP contribution is 2.35. The van der Waals surface area contributed by atoms with Crippen LogP contribution in [0.25, 0.3) is 0 Å². The molecule has 2 rings (SSSR count). The first-order valence-electron chi connectivity index (χ1n) is 9.63. The van der Waals surface area contributed by atoms with Crippen molar-refractivity contribution in [3.05, 3.63) is 0 Å². The molecule has 21 heavy (non-hydrogen) atoms. The first-order valence-corrected chi connectivity index (χ1v) is 9.63. The summed E-state index contributed by atoms with van der Waals surface area (Å²) in [5.74, 6) is 2.77. The highest BCUT2D eigenvalue weighted by molar-refractivity contribution is 4.94. The van der Waals surface area contributed by atoms with E-state index in [1.807, 2.05) is 0 Å². The van der Waals surface area contributed by atoms with Crippen molar-refractivity contribution in [2.24, 2.45) is 17.8 Å². The van der Waals surface area contributed by atoms with Gasteiger partial charge in [-0.15, -0.1) is 0 Å². The van der Waals surface area contributed by atoms with Gasteiger partial charge in [-0.2, -0.15) is 0 Å². The Bertz CT molecular complexity index is 289. The molecule has 2 nitrogen and oxygen atoms in total. The van der Waals surface area contributed by atoms with Crippen LogP contribution in [0.5, 0.6) is 0 Å². The highest BCUT2D eigenvalue weighted by atomic mass is 15.2. The minimum absolute atomic E-state index is 0.750. The molecule has 0 spiro atoms. The molecule has 2 heteroatoms. The maximum absolute atomic E-state index is 3.86. The average Bonchev–Trinajstić information content (AvgIpc) is 2.93. The van der Waals surface area contributed by atoms with Gasteiger partial charge in [0.15, 0.2) is 0 Å². The van der Waals surface area contributed by atoms with E-state index in [2.05, 4.69) is 37.9 Å². The third kappa shape index (κ3) is 4.69. The minimum atomic E-state index is 0.750. The molecule has 0 aromatic rings. The Morgan fingerprint density at radius 2 is 1.90 bits per heavy atom. The van der Waals surface area contributed by atoms with E-state index in [1.165, 1.54) is 64.6 Å². The van der Waals surface area contributed by atoms with E-state index in [0.29, 0.717) is 0 Å². The molecular weight excluding hydrogens is 256 g/mol. The third-order valence-electron chi connectivity index (χ3n) is 5.94. The number of likely N-dealkylation sites (tertiary alicyclic amines) is 1. The van der Waals surface area contributed by atoms with Gasteiger partial charge in [-0.3, -0.25) is 4.90 Å². The summed E-state index contributed by atoms with van der Waals surface area (Å²) < 4.78 is 0. The molecule has 0 aromatic heterocycles. The van der Waals surface area contributed by atoms with Crippen molar-refractivity contribution >= 4 is 0 Å². The molecule has 2 fully saturated rings. The fourth-order valence-electron chi connectivity index (χ4n) is 4.56. The Morgan fingerprint density at radius 1 is 1.10 bits per heavy atom. The van der Waals surface area contributed by atoms with E-state index in [4.69, 9.17) is 0 Å². The Balaban J connectivity index is 1.96. The fourth-order valence-corrected chi connectivity index (χ4v) is 4.56. The largest absolute Gasteiger partial charge is 0.312 e. The second-order valence-corrected chi connectivity index (χ2v) is 7.88. The standard InChI is InChI=1S/C19H38N2/c1-5-7-16-10-12-21(14-16)19-13-17(15(3)4)8-9-18(19)20-11-6-2/h15-20H,5-14H2,1-4H3. The lowest BCUT2D eigenvalue weighted by atomic mass is 9.76. The van der Waals surface area contributed by atoms with E-state index in [1.54, 1.807) is 0 Å². The van der Waals surface area contributed by atoms with Gasteiger partial charge in [-0.1, -0.05) is 34.1 Å². The zero-order valence-corrected chi connectivity index (χ0v) is 14.9. The number of nitrogens with zero attached hydrogens (tertiary/aromatic N) is 1. The van der Waals surface area contributed by atoms with Crippen LogP contribution in [-0.4, -0.2) is 36.6 Å². The number of hydrogen-bond donors (Lipinski definition) is 1. The highest BCUT2D eigenvalue weighted by Gasteiger charge is 2.37. The predicted octanol–water partition coefficient (Wildman–Crippen LogP) is 4.30. The van der Waals surface area contributed by atoms with Crippen molar-refractivity contribution in [1.82, 2.24) is 10.2 Å². The number of nitrogens with one attached hydrogen (secondary N) is 1. The first-order chi connectivity index (χ1) is 10.2. The van der Waals surface area contributed by atoms with Crippen LogP contribution >= 0.6 is 0 Å².